The Bertz CT molecular complexity index is 916. The van der Waals surface area contributed by atoms with Crippen LogP contribution in [0.2, 0.25) is 0 Å². The van der Waals surface area contributed by atoms with E-state index in [2.05, 4.69) is 112 Å². The van der Waals surface area contributed by atoms with Gasteiger partial charge < -0.3 is 5.11 Å². The minimum Gasteiger partial charge on any atom is -0.396 e. The van der Waals surface area contributed by atoms with Crippen molar-refractivity contribution in [2.24, 2.45) is 11.3 Å². The Morgan fingerprint density at radius 3 is 1.52 bits per heavy atom. The van der Waals surface area contributed by atoms with Crippen LogP contribution in [0.4, 0.5) is 0 Å². The molecule has 0 spiro atoms. The minimum absolute atomic E-state index is 0. The van der Waals surface area contributed by atoms with Crippen LogP contribution in [0.25, 0.3) is 0 Å². The second-order valence-electron chi connectivity index (χ2n) is 9.04. The zero-order valence-electron chi connectivity index (χ0n) is 18.7. The molecule has 1 aliphatic carbocycles. The third-order valence-corrected chi connectivity index (χ3v) is 11.5. The molecule has 0 saturated heterocycles. The Labute approximate surface area is 198 Å². The molecule has 1 nitrogen and oxygen atoms in total. The van der Waals surface area contributed by atoms with Crippen LogP contribution in [0.1, 0.15) is 27.2 Å². The lowest BCUT2D eigenvalue weighted by atomic mass is 9.58. The van der Waals surface area contributed by atoms with Crippen molar-refractivity contribution in [2.45, 2.75) is 27.2 Å². The van der Waals surface area contributed by atoms with Gasteiger partial charge in [-0.1, -0.05) is 74.0 Å². The highest BCUT2D eigenvalue weighted by molar-refractivity contribution is 8.93. The molecule has 0 aromatic heterocycles. The number of hydrogen-bond acceptors (Lipinski definition) is 1. The maximum Gasteiger partial charge on any atom is 0.116 e. The molecular formula is C28H33BrOP+. The van der Waals surface area contributed by atoms with Crippen molar-refractivity contribution in [1.82, 2.24) is 0 Å². The third kappa shape index (κ3) is 4.31. The van der Waals surface area contributed by atoms with Gasteiger partial charge in [0.2, 0.25) is 0 Å². The van der Waals surface area contributed by atoms with Crippen LogP contribution in [0.5, 0.6) is 0 Å². The van der Waals surface area contributed by atoms with Crippen molar-refractivity contribution < 1.29 is 5.11 Å². The van der Waals surface area contributed by atoms with Gasteiger partial charge in [-0.15, -0.1) is 17.0 Å². The van der Waals surface area contributed by atoms with Crippen LogP contribution >= 0.6 is 24.2 Å². The fourth-order valence-corrected chi connectivity index (χ4v) is 9.50. The van der Waals surface area contributed by atoms with E-state index < -0.39 is 7.26 Å². The third-order valence-electron chi connectivity index (χ3n) is 7.05. The molecule has 0 aliphatic heterocycles. The second kappa shape index (κ2) is 9.82. The van der Waals surface area contributed by atoms with Crippen molar-refractivity contribution in [3.8, 4) is 0 Å². The van der Waals surface area contributed by atoms with Crippen molar-refractivity contribution in [3.63, 3.8) is 0 Å². The molecule has 1 atom stereocenters. The smallest absolute Gasteiger partial charge is 0.116 e. The number of aliphatic hydroxyl groups excluding tert-OH is 1. The molecule has 3 aromatic carbocycles. The van der Waals surface area contributed by atoms with E-state index in [1.165, 1.54) is 27.1 Å². The van der Waals surface area contributed by atoms with Gasteiger partial charge in [0.05, 0.1) is 6.16 Å². The monoisotopic (exact) mass is 495 g/mol. The van der Waals surface area contributed by atoms with Crippen molar-refractivity contribution in [2.75, 3.05) is 12.8 Å². The first-order chi connectivity index (χ1) is 14.5. The minimum atomic E-state index is -1.85. The Kier molecular flexibility index (Phi) is 7.58. The molecule has 0 amide bonds. The summed E-state index contributed by atoms with van der Waals surface area (Å²) < 4.78 is 0. The highest BCUT2D eigenvalue weighted by Gasteiger charge is 2.49. The maximum absolute atomic E-state index is 9.77. The maximum atomic E-state index is 9.77. The lowest BCUT2D eigenvalue weighted by Gasteiger charge is -2.48. The zero-order chi connectivity index (χ0) is 21.2. The first kappa shape index (κ1) is 23.9. The van der Waals surface area contributed by atoms with Gasteiger partial charge >= 0.3 is 0 Å². The van der Waals surface area contributed by atoms with Crippen LogP contribution in [-0.2, 0) is 0 Å². The van der Waals surface area contributed by atoms with Gasteiger partial charge in [0, 0.05) is 6.61 Å². The molecule has 4 rings (SSSR count). The highest BCUT2D eigenvalue weighted by atomic mass is 79.9. The zero-order valence-corrected chi connectivity index (χ0v) is 21.3. The molecule has 3 heteroatoms. The Morgan fingerprint density at radius 1 is 0.806 bits per heavy atom. The molecule has 3 aromatic rings. The number of allylic oxidation sites excluding steroid dienone is 2. The summed E-state index contributed by atoms with van der Waals surface area (Å²) in [6.45, 7) is 7.20. The van der Waals surface area contributed by atoms with E-state index in [4.69, 9.17) is 0 Å². The Hall–Kier alpha value is -1.73. The predicted molar refractivity (Wildman–Crippen MR) is 142 cm³/mol. The lowest BCUT2D eigenvalue weighted by Crippen LogP contribution is -2.42. The standard InChI is InChI=1S/C28H32OP.BrH/c1-22(27-19-23(20-29)28(27,2)3)21-30(24-13-7-4-8-14-24,25-15-9-5-10-16-25)26-17-11-6-12-18-26;/h4-18,23,29H,19-21H2,1-3H3;1H/q+1;. The van der Waals surface area contributed by atoms with E-state index >= 15 is 0 Å². The number of halogens is 1. The van der Waals surface area contributed by atoms with Crippen molar-refractivity contribution in [3.05, 3.63) is 102 Å². The summed E-state index contributed by atoms with van der Waals surface area (Å²) in [7, 11) is -1.85. The Morgan fingerprint density at radius 2 is 1.19 bits per heavy atom. The van der Waals surface area contributed by atoms with Gasteiger partial charge in [0.1, 0.15) is 23.2 Å². The molecule has 0 radical (unpaired) electrons. The largest absolute Gasteiger partial charge is 0.396 e. The quantitative estimate of drug-likeness (QED) is 0.332. The summed E-state index contributed by atoms with van der Waals surface area (Å²) in [6.07, 6.45) is 2.07. The molecule has 1 fully saturated rings. The normalized spacial score (nSPS) is 19.2. The van der Waals surface area contributed by atoms with E-state index in [0.717, 1.165) is 12.6 Å². The fourth-order valence-electron chi connectivity index (χ4n) is 5.12. The first-order valence-electron chi connectivity index (χ1n) is 10.8. The van der Waals surface area contributed by atoms with E-state index in [9.17, 15) is 5.11 Å². The molecule has 1 saturated carbocycles. The molecule has 162 valence electrons. The number of rotatable bonds is 6. The average molecular weight is 496 g/mol. The molecule has 1 N–H and O–H groups in total. The van der Waals surface area contributed by atoms with Gasteiger partial charge in [-0.05, 0) is 66.6 Å². The molecule has 0 bridgehead atoms. The van der Waals surface area contributed by atoms with Gasteiger partial charge in [-0.2, -0.15) is 0 Å². The van der Waals surface area contributed by atoms with E-state index in [0.29, 0.717) is 5.92 Å². The van der Waals surface area contributed by atoms with E-state index in [1.807, 2.05) is 0 Å². The fraction of sp³-hybridized carbons (Fsp3) is 0.286. The van der Waals surface area contributed by atoms with E-state index in [-0.39, 0.29) is 29.0 Å². The van der Waals surface area contributed by atoms with Gasteiger partial charge in [-0.25, -0.2) is 0 Å². The van der Waals surface area contributed by atoms with Crippen LogP contribution in [0.15, 0.2) is 102 Å². The summed E-state index contributed by atoms with van der Waals surface area (Å²) in [5.41, 5.74) is 3.11. The molecule has 1 aliphatic rings. The van der Waals surface area contributed by atoms with Crippen LogP contribution in [0, 0.1) is 11.3 Å². The van der Waals surface area contributed by atoms with E-state index in [1.54, 1.807) is 0 Å². The first-order valence-corrected chi connectivity index (χ1v) is 12.8. The Balaban J connectivity index is 0.00000272. The van der Waals surface area contributed by atoms with Gasteiger partial charge in [0.25, 0.3) is 0 Å². The SMILES string of the molecule is Br.CC(C[P+](c1ccccc1)(c1ccccc1)c1ccccc1)=C1CC(CO)C1(C)C. The topological polar surface area (TPSA) is 20.2 Å². The number of hydrogen-bond donors (Lipinski definition) is 1. The summed E-state index contributed by atoms with van der Waals surface area (Å²) in [4.78, 5) is 0. The number of aliphatic hydroxyl groups is 1. The van der Waals surface area contributed by atoms with Gasteiger partial charge in [0.15, 0.2) is 0 Å². The molecule has 0 heterocycles. The molecule has 1 unspecified atom stereocenters. The predicted octanol–water partition coefficient (Wildman–Crippen LogP) is 5.91. The second-order valence-corrected chi connectivity index (χ2v) is 12.5. The van der Waals surface area contributed by atoms with Crippen LogP contribution in [0.3, 0.4) is 0 Å². The van der Waals surface area contributed by atoms with Gasteiger partial charge in [-0.3, -0.25) is 0 Å². The lowest BCUT2D eigenvalue weighted by molar-refractivity contribution is 0.0833. The average Bonchev–Trinajstić information content (AvgIpc) is 2.79. The number of benzene rings is 3. The van der Waals surface area contributed by atoms with Crippen molar-refractivity contribution in [1.29, 1.82) is 0 Å². The summed E-state index contributed by atoms with van der Waals surface area (Å²) >= 11 is 0. The molecule has 31 heavy (non-hydrogen) atoms. The van der Waals surface area contributed by atoms with Crippen molar-refractivity contribution >= 4 is 40.2 Å². The van der Waals surface area contributed by atoms with Crippen LogP contribution in [-0.4, -0.2) is 17.9 Å². The highest BCUT2D eigenvalue weighted by Crippen LogP contribution is 2.59. The van der Waals surface area contributed by atoms with Crippen LogP contribution < -0.4 is 15.9 Å². The summed E-state index contributed by atoms with van der Waals surface area (Å²) in [6, 6.07) is 33.3. The summed E-state index contributed by atoms with van der Waals surface area (Å²) in [5.74, 6) is 0.375. The summed E-state index contributed by atoms with van der Waals surface area (Å²) in [5, 5.41) is 14.1. The molecular weight excluding hydrogens is 463 g/mol.